The van der Waals surface area contributed by atoms with Crippen LogP contribution in [0, 0.1) is 16.4 Å². The summed E-state index contributed by atoms with van der Waals surface area (Å²) in [6.07, 6.45) is 7.00. The highest BCUT2D eigenvalue weighted by Crippen LogP contribution is 2.23. The Morgan fingerprint density at radius 1 is 1.39 bits per heavy atom. The van der Waals surface area contributed by atoms with Crippen LogP contribution < -0.4 is 10.2 Å². The minimum absolute atomic E-state index is 0.0234. The van der Waals surface area contributed by atoms with Gasteiger partial charge in [-0.15, -0.1) is 0 Å². The van der Waals surface area contributed by atoms with Gasteiger partial charge in [0.2, 0.25) is 5.91 Å². The van der Waals surface area contributed by atoms with Crippen LogP contribution >= 0.6 is 22.6 Å². The molecule has 0 bridgehead atoms. The van der Waals surface area contributed by atoms with E-state index in [4.69, 9.17) is 0 Å². The van der Waals surface area contributed by atoms with Crippen molar-refractivity contribution in [2.75, 3.05) is 23.3 Å². The average Bonchev–Trinajstić information content (AvgIpc) is 2.59. The Kier molecular flexibility index (Phi) is 5.09. The van der Waals surface area contributed by atoms with Crippen molar-refractivity contribution >= 4 is 40.0 Å². The molecule has 2 aromatic rings. The van der Waals surface area contributed by atoms with Crippen LogP contribution in [-0.4, -0.2) is 29.0 Å². The highest BCUT2D eigenvalue weighted by atomic mass is 127. The minimum Gasteiger partial charge on any atom is -0.355 e. The van der Waals surface area contributed by atoms with Gasteiger partial charge in [0.05, 0.1) is 12.1 Å². The molecule has 0 radical (unpaired) electrons. The summed E-state index contributed by atoms with van der Waals surface area (Å²) in [6, 6.07) is 6.00. The Labute approximate surface area is 149 Å². The van der Waals surface area contributed by atoms with Gasteiger partial charge in [-0.3, -0.25) is 9.78 Å². The van der Waals surface area contributed by atoms with Gasteiger partial charge < -0.3 is 10.2 Å². The fourth-order valence-electron chi connectivity index (χ4n) is 2.77. The van der Waals surface area contributed by atoms with Gasteiger partial charge in [-0.05, 0) is 60.1 Å². The van der Waals surface area contributed by atoms with Crippen LogP contribution in [0.1, 0.15) is 18.4 Å². The van der Waals surface area contributed by atoms with Crippen molar-refractivity contribution in [3.8, 4) is 0 Å². The van der Waals surface area contributed by atoms with Crippen LogP contribution in [0.25, 0.3) is 0 Å². The zero-order chi connectivity index (χ0) is 16.2. The van der Waals surface area contributed by atoms with Crippen LogP contribution in [-0.2, 0) is 4.79 Å². The highest BCUT2D eigenvalue weighted by molar-refractivity contribution is 14.1. The molecule has 6 heteroatoms. The number of piperidine rings is 1. The summed E-state index contributed by atoms with van der Waals surface area (Å²) in [4.78, 5) is 23.1. The molecule has 0 unspecified atom stereocenters. The first kappa shape index (κ1) is 16.2. The fraction of sp³-hybridized carbons (Fsp3) is 0.353. The smallest absolute Gasteiger partial charge is 0.229 e. The lowest BCUT2D eigenvalue weighted by molar-refractivity contribution is -0.120. The first-order valence-electron chi connectivity index (χ1n) is 7.71. The Morgan fingerprint density at radius 2 is 2.26 bits per heavy atom. The van der Waals surface area contributed by atoms with Crippen molar-refractivity contribution in [3.63, 3.8) is 0 Å². The number of carbonyl (C=O) groups is 1. The third-order valence-corrected chi connectivity index (χ3v) is 5.27. The molecule has 120 valence electrons. The van der Waals surface area contributed by atoms with Crippen molar-refractivity contribution in [1.82, 2.24) is 9.97 Å². The van der Waals surface area contributed by atoms with Crippen LogP contribution in [0.15, 0.2) is 36.8 Å². The molecule has 0 saturated carbocycles. The van der Waals surface area contributed by atoms with E-state index >= 15 is 0 Å². The quantitative estimate of drug-likeness (QED) is 0.772. The molecular formula is C17H19IN4O. The summed E-state index contributed by atoms with van der Waals surface area (Å²) in [7, 11) is 0. The SMILES string of the molecule is Cc1ccc(NC(=O)[C@H]2CCCN(c3cnccn3)C2)cc1I. The number of halogens is 1. The molecule has 0 spiro atoms. The second kappa shape index (κ2) is 7.25. The average molecular weight is 422 g/mol. The number of anilines is 2. The summed E-state index contributed by atoms with van der Waals surface area (Å²) in [5.41, 5.74) is 2.08. The van der Waals surface area contributed by atoms with Crippen molar-refractivity contribution in [1.29, 1.82) is 0 Å². The maximum absolute atomic E-state index is 12.6. The third-order valence-electron chi connectivity index (χ3n) is 4.11. The van der Waals surface area contributed by atoms with E-state index in [0.717, 1.165) is 34.5 Å². The number of nitrogens with zero attached hydrogens (tertiary/aromatic N) is 3. The Bertz CT molecular complexity index is 692. The largest absolute Gasteiger partial charge is 0.355 e. The van der Waals surface area contributed by atoms with Crippen molar-refractivity contribution in [2.24, 2.45) is 5.92 Å². The van der Waals surface area contributed by atoms with Crippen LogP contribution in [0.2, 0.25) is 0 Å². The molecule has 3 rings (SSSR count). The van der Waals surface area contributed by atoms with E-state index in [1.807, 2.05) is 18.2 Å². The Hall–Kier alpha value is -1.70. The lowest BCUT2D eigenvalue weighted by Crippen LogP contribution is -2.41. The predicted octanol–water partition coefficient (Wildman–Crippen LogP) is 3.24. The second-order valence-electron chi connectivity index (χ2n) is 5.80. The molecule has 0 aliphatic carbocycles. The molecule has 1 aromatic carbocycles. The van der Waals surface area contributed by atoms with Gasteiger partial charge in [0.15, 0.2) is 0 Å². The summed E-state index contributed by atoms with van der Waals surface area (Å²) in [6.45, 7) is 3.67. The van der Waals surface area contributed by atoms with E-state index in [1.54, 1.807) is 18.6 Å². The van der Waals surface area contributed by atoms with E-state index < -0.39 is 0 Å². The van der Waals surface area contributed by atoms with E-state index in [2.05, 4.69) is 49.7 Å². The van der Waals surface area contributed by atoms with Crippen molar-refractivity contribution < 1.29 is 4.79 Å². The number of carbonyl (C=O) groups excluding carboxylic acids is 1. The standard InChI is InChI=1S/C17H19IN4O/c1-12-4-5-14(9-15(12)18)21-17(23)13-3-2-8-22(11-13)16-10-19-6-7-20-16/h4-7,9-10,13H,2-3,8,11H2,1H3,(H,21,23)/t13-/m0/s1. The van der Waals surface area contributed by atoms with Gasteiger partial charge in [0.1, 0.15) is 5.82 Å². The zero-order valence-electron chi connectivity index (χ0n) is 13.0. The number of hydrogen-bond acceptors (Lipinski definition) is 4. The van der Waals surface area contributed by atoms with Crippen LogP contribution in [0.4, 0.5) is 11.5 Å². The fourth-order valence-corrected chi connectivity index (χ4v) is 3.28. The summed E-state index contributed by atoms with van der Waals surface area (Å²) >= 11 is 2.29. The molecule has 1 aromatic heterocycles. The van der Waals surface area contributed by atoms with Gasteiger partial charge in [-0.1, -0.05) is 6.07 Å². The molecule has 1 fully saturated rings. The molecule has 1 amide bonds. The molecule has 1 aliphatic heterocycles. The summed E-state index contributed by atoms with van der Waals surface area (Å²) < 4.78 is 1.16. The van der Waals surface area contributed by atoms with E-state index in [-0.39, 0.29) is 11.8 Å². The molecule has 1 saturated heterocycles. The van der Waals surface area contributed by atoms with Gasteiger partial charge in [-0.2, -0.15) is 0 Å². The van der Waals surface area contributed by atoms with E-state index in [0.29, 0.717) is 6.54 Å². The molecular weight excluding hydrogens is 403 g/mol. The van der Waals surface area contributed by atoms with Gasteiger partial charge in [0, 0.05) is 34.7 Å². The van der Waals surface area contributed by atoms with Crippen LogP contribution in [0.5, 0.6) is 0 Å². The third kappa shape index (κ3) is 3.99. The van der Waals surface area contributed by atoms with Gasteiger partial charge in [0.25, 0.3) is 0 Å². The van der Waals surface area contributed by atoms with Crippen molar-refractivity contribution in [3.05, 3.63) is 45.9 Å². The molecule has 1 atom stereocenters. The summed E-state index contributed by atoms with van der Waals surface area (Å²) in [5.74, 6) is 0.901. The lowest BCUT2D eigenvalue weighted by Gasteiger charge is -2.32. The van der Waals surface area contributed by atoms with Crippen molar-refractivity contribution in [2.45, 2.75) is 19.8 Å². The molecule has 23 heavy (non-hydrogen) atoms. The normalized spacial score (nSPS) is 17.8. The monoisotopic (exact) mass is 422 g/mol. The minimum atomic E-state index is -0.0234. The first-order valence-corrected chi connectivity index (χ1v) is 8.79. The summed E-state index contributed by atoms with van der Waals surface area (Å²) in [5, 5.41) is 3.05. The number of benzene rings is 1. The molecule has 5 nitrogen and oxygen atoms in total. The topological polar surface area (TPSA) is 58.1 Å². The predicted molar refractivity (Wildman–Crippen MR) is 99.5 cm³/mol. The Morgan fingerprint density at radius 3 is 3.00 bits per heavy atom. The molecule has 1 N–H and O–H groups in total. The number of rotatable bonds is 3. The van der Waals surface area contributed by atoms with Gasteiger partial charge in [-0.25, -0.2) is 4.98 Å². The van der Waals surface area contributed by atoms with Crippen LogP contribution in [0.3, 0.4) is 0 Å². The molecule has 1 aliphatic rings. The number of hydrogen-bond donors (Lipinski definition) is 1. The maximum atomic E-state index is 12.6. The Balaban J connectivity index is 1.66. The lowest BCUT2D eigenvalue weighted by atomic mass is 9.97. The molecule has 2 heterocycles. The highest BCUT2D eigenvalue weighted by Gasteiger charge is 2.26. The van der Waals surface area contributed by atoms with E-state index in [9.17, 15) is 4.79 Å². The number of amides is 1. The van der Waals surface area contributed by atoms with E-state index in [1.165, 1.54) is 5.56 Å². The first-order chi connectivity index (χ1) is 11.1. The number of aryl methyl sites for hydroxylation is 1. The number of nitrogens with one attached hydrogen (secondary N) is 1. The van der Waals surface area contributed by atoms with Gasteiger partial charge >= 0.3 is 0 Å². The maximum Gasteiger partial charge on any atom is 0.229 e. The number of aromatic nitrogens is 2. The second-order valence-corrected chi connectivity index (χ2v) is 6.96. The zero-order valence-corrected chi connectivity index (χ0v) is 15.2.